The van der Waals surface area contributed by atoms with Gasteiger partial charge in [0, 0.05) is 25.6 Å². The lowest BCUT2D eigenvalue weighted by Gasteiger charge is -2.36. The van der Waals surface area contributed by atoms with Crippen LogP contribution < -0.4 is 10.6 Å². The minimum atomic E-state index is 0. The Morgan fingerprint density at radius 2 is 2.00 bits per heavy atom. The number of rotatable bonds is 6. The van der Waals surface area contributed by atoms with Crippen molar-refractivity contribution in [2.45, 2.75) is 19.9 Å². The van der Waals surface area contributed by atoms with E-state index >= 15 is 0 Å². The molecule has 1 aromatic rings. The summed E-state index contributed by atoms with van der Waals surface area (Å²) < 4.78 is 5.49. The van der Waals surface area contributed by atoms with E-state index in [1.165, 1.54) is 11.1 Å². The molecule has 1 aromatic carbocycles. The van der Waals surface area contributed by atoms with Gasteiger partial charge in [0.25, 0.3) is 0 Å². The van der Waals surface area contributed by atoms with Crippen molar-refractivity contribution in [3.05, 3.63) is 35.4 Å². The summed E-state index contributed by atoms with van der Waals surface area (Å²) in [6.45, 7) is 10.1. The van der Waals surface area contributed by atoms with Gasteiger partial charge in [-0.05, 0) is 31.5 Å². The number of nitrogens with one attached hydrogen (secondary N) is 2. The number of hydrogen-bond donors (Lipinski definition) is 2. The minimum Gasteiger partial charge on any atom is -0.379 e. The third kappa shape index (κ3) is 5.83. The number of amides is 1. The van der Waals surface area contributed by atoms with Gasteiger partial charge < -0.3 is 15.4 Å². The van der Waals surface area contributed by atoms with Gasteiger partial charge in [-0.2, -0.15) is 0 Å². The summed E-state index contributed by atoms with van der Waals surface area (Å²) in [6, 6.07) is 8.82. The Bertz CT molecular complexity index is 563. The number of hydrogen-bond acceptors (Lipinski definition) is 4. The average Bonchev–Trinajstić information content (AvgIpc) is 2.54. The highest BCUT2D eigenvalue weighted by Crippen LogP contribution is 2.23. The molecule has 1 amide bonds. The lowest BCUT2D eigenvalue weighted by molar-refractivity contribution is -0.127. The van der Waals surface area contributed by atoms with E-state index in [0.717, 1.165) is 39.4 Å². The highest BCUT2D eigenvalue weighted by Gasteiger charge is 2.30. The van der Waals surface area contributed by atoms with Gasteiger partial charge in [-0.3, -0.25) is 9.69 Å². The van der Waals surface area contributed by atoms with Crippen molar-refractivity contribution in [2.75, 3.05) is 45.9 Å². The van der Waals surface area contributed by atoms with Crippen LogP contribution in [0.15, 0.2) is 24.3 Å². The number of aryl methyl sites for hydroxylation is 1. The van der Waals surface area contributed by atoms with Gasteiger partial charge in [0.05, 0.1) is 19.3 Å². The molecule has 2 fully saturated rings. The van der Waals surface area contributed by atoms with Crippen LogP contribution in [0.4, 0.5) is 0 Å². The third-order valence-electron chi connectivity index (χ3n) is 5.32. The predicted molar refractivity (Wildman–Crippen MR) is 109 cm³/mol. The molecular formula is C19H31Cl2N3O2. The van der Waals surface area contributed by atoms with Gasteiger partial charge in [0.15, 0.2) is 0 Å². The van der Waals surface area contributed by atoms with Crippen LogP contribution in [-0.4, -0.2) is 56.7 Å². The van der Waals surface area contributed by atoms with Crippen molar-refractivity contribution < 1.29 is 9.53 Å². The van der Waals surface area contributed by atoms with Crippen LogP contribution in [0.3, 0.4) is 0 Å². The van der Waals surface area contributed by atoms with Crippen LogP contribution in [0.25, 0.3) is 0 Å². The number of carbonyl (C=O) groups is 1. The van der Waals surface area contributed by atoms with Crippen LogP contribution in [0, 0.1) is 18.8 Å². The Balaban J connectivity index is 0.00000169. The van der Waals surface area contributed by atoms with Gasteiger partial charge in [-0.15, -0.1) is 24.8 Å². The maximum Gasteiger partial charge on any atom is 0.223 e. The molecule has 2 saturated heterocycles. The lowest BCUT2D eigenvalue weighted by Crippen LogP contribution is -2.51. The maximum absolute atomic E-state index is 12.5. The van der Waals surface area contributed by atoms with Gasteiger partial charge in [-0.1, -0.05) is 36.8 Å². The molecule has 7 heteroatoms. The summed E-state index contributed by atoms with van der Waals surface area (Å²) in [5.74, 6) is 0.729. The molecule has 2 heterocycles. The summed E-state index contributed by atoms with van der Waals surface area (Å²) in [4.78, 5) is 14.9. The van der Waals surface area contributed by atoms with Gasteiger partial charge >= 0.3 is 0 Å². The standard InChI is InChI=1S/C19H29N3O2.2ClH/c1-14-4-3-5-16(10-14)18(22-6-8-24-9-7-22)13-21-19(23)15(2)17-11-20-12-17;;/h3-5,10,15,17-18,20H,6-9,11-13H2,1-2H3,(H,21,23);2*1H. The second-order valence-corrected chi connectivity index (χ2v) is 7.03. The molecule has 2 aliphatic heterocycles. The predicted octanol–water partition coefficient (Wildman–Crippen LogP) is 2.18. The Kier molecular flexibility index (Phi) is 9.90. The quantitative estimate of drug-likeness (QED) is 0.763. The van der Waals surface area contributed by atoms with E-state index in [9.17, 15) is 4.79 Å². The van der Waals surface area contributed by atoms with Crippen molar-refractivity contribution in [2.24, 2.45) is 11.8 Å². The third-order valence-corrected chi connectivity index (χ3v) is 5.32. The SMILES string of the molecule is Cc1cccc(C(CNC(=O)C(C)C2CNC2)N2CCOCC2)c1.Cl.Cl. The summed E-state index contributed by atoms with van der Waals surface area (Å²) in [5.41, 5.74) is 2.53. The van der Waals surface area contributed by atoms with E-state index in [1.807, 2.05) is 6.92 Å². The normalized spacial score (nSPS) is 20.1. The smallest absolute Gasteiger partial charge is 0.223 e. The molecule has 0 spiro atoms. The molecule has 148 valence electrons. The first-order valence-electron chi connectivity index (χ1n) is 9.02. The second kappa shape index (κ2) is 11.1. The lowest BCUT2D eigenvalue weighted by atomic mass is 9.88. The second-order valence-electron chi connectivity index (χ2n) is 7.03. The van der Waals surface area contributed by atoms with E-state index in [0.29, 0.717) is 12.5 Å². The fourth-order valence-electron chi connectivity index (χ4n) is 3.46. The summed E-state index contributed by atoms with van der Waals surface area (Å²) in [6.07, 6.45) is 0. The largest absolute Gasteiger partial charge is 0.379 e. The van der Waals surface area contributed by atoms with E-state index in [2.05, 4.69) is 46.7 Å². The molecule has 2 unspecified atom stereocenters. The molecule has 5 nitrogen and oxygen atoms in total. The number of carbonyl (C=O) groups excluding carboxylic acids is 1. The molecule has 0 radical (unpaired) electrons. The van der Waals surface area contributed by atoms with Crippen molar-refractivity contribution in [3.8, 4) is 0 Å². The van der Waals surface area contributed by atoms with Gasteiger partial charge in [-0.25, -0.2) is 0 Å². The average molecular weight is 404 g/mol. The fraction of sp³-hybridized carbons (Fsp3) is 0.632. The van der Waals surface area contributed by atoms with Crippen molar-refractivity contribution in [1.82, 2.24) is 15.5 Å². The first kappa shape index (κ1) is 23.2. The number of benzene rings is 1. The van der Waals surface area contributed by atoms with E-state index in [1.54, 1.807) is 0 Å². The van der Waals surface area contributed by atoms with Crippen LogP contribution >= 0.6 is 24.8 Å². The van der Waals surface area contributed by atoms with Crippen molar-refractivity contribution >= 4 is 30.7 Å². The Labute approximate surface area is 169 Å². The van der Waals surface area contributed by atoms with Crippen molar-refractivity contribution in [3.63, 3.8) is 0 Å². The zero-order valence-electron chi connectivity index (χ0n) is 15.6. The van der Waals surface area contributed by atoms with E-state index in [4.69, 9.17) is 4.74 Å². The molecule has 2 atom stereocenters. The number of morpholine rings is 1. The Morgan fingerprint density at radius 3 is 2.58 bits per heavy atom. The Morgan fingerprint density at radius 1 is 1.31 bits per heavy atom. The van der Waals surface area contributed by atoms with Gasteiger partial charge in [0.2, 0.25) is 5.91 Å². The number of ether oxygens (including phenoxy) is 1. The van der Waals surface area contributed by atoms with Gasteiger partial charge in [0.1, 0.15) is 0 Å². The summed E-state index contributed by atoms with van der Waals surface area (Å²) in [7, 11) is 0. The number of halogens is 2. The van der Waals surface area contributed by atoms with E-state index < -0.39 is 0 Å². The van der Waals surface area contributed by atoms with Crippen LogP contribution in [-0.2, 0) is 9.53 Å². The highest BCUT2D eigenvalue weighted by atomic mass is 35.5. The zero-order chi connectivity index (χ0) is 16.9. The van der Waals surface area contributed by atoms with Crippen molar-refractivity contribution in [1.29, 1.82) is 0 Å². The summed E-state index contributed by atoms with van der Waals surface area (Å²) in [5, 5.41) is 6.44. The van der Waals surface area contributed by atoms with Crippen LogP contribution in [0.1, 0.15) is 24.1 Å². The topological polar surface area (TPSA) is 53.6 Å². The number of nitrogens with zero attached hydrogens (tertiary/aromatic N) is 1. The molecule has 2 N–H and O–H groups in total. The van der Waals surface area contributed by atoms with Crippen LogP contribution in [0.2, 0.25) is 0 Å². The molecule has 0 saturated carbocycles. The monoisotopic (exact) mass is 403 g/mol. The first-order valence-corrected chi connectivity index (χ1v) is 9.02. The molecular weight excluding hydrogens is 373 g/mol. The molecule has 3 rings (SSSR count). The zero-order valence-corrected chi connectivity index (χ0v) is 17.2. The highest BCUT2D eigenvalue weighted by molar-refractivity contribution is 5.85. The molecule has 26 heavy (non-hydrogen) atoms. The first-order chi connectivity index (χ1) is 11.6. The Hall–Kier alpha value is -0.850. The summed E-state index contributed by atoms with van der Waals surface area (Å²) >= 11 is 0. The molecule has 0 bridgehead atoms. The maximum atomic E-state index is 12.5. The molecule has 0 aliphatic carbocycles. The van der Waals surface area contributed by atoms with Crippen LogP contribution in [0.5, 0.6) is 0 Å². The van der Waals surface area contributed by atoms with E-state index in [-0.39, 0.29) is 42.7 Å². The molecule has 0 aromatic heterocycles. The fourth-order valence-corrected chi connectivity index (χ4v) is 3.46. The minimum absolute atomic E-state index is 0. The molecule has 2 aliphatic rings.